The molecule has 2 aliphatic heterocycles. The number of nitrogens with one attached hydrogen (secondary N) is 1. The first-order valence-corrected chi connectivity index (χ1v) is 9.08. The van der Waals surface area contributed by atoms with Gasteiger partial charge in [0.15, 0.2) is 0 Å². The molecule has 1 unspecified atom stereocenters. The van der Waals surface area contributed by atoms with Gasteiger partial charge in [0, 0.05) is 37.6 Å². The maximum atomic E-state index is 11.8. The molecular weight excluding hydrogens is 330 g/mol. The highest BCUT2D eigenvalue weighted by Gasteiger charge is 2.51. The van der Waals surface area contributed by atoms with Crippen LogP contribution >= 0.6 is 0 Å². The molecule has 26 heavy (non-hydrogen) atoms. The van der Waals surface area contributed by atoms with Crippen LogP contribution in [0.5, 0.6) is 0 Å². The summed E-state index contributed by atoms with van der Waals surface area (Å²) < 4.78 is 0. The highest BCUT2D eigenvalue weighted by Crippen LogP contribution is 2.37. The molecule has 136 valence electrons. The lowest BCUT2D eigenvalue weighted by molar-refractivity contribution is -0.144. The number of carbonyl (C=O) groups excluding carboxylic acids is 1. The number of aryl methyl sites for hydroxylation is 1. The summed E-state index contributed by atoms with van der Waals surface area (Å²) in [7, 11) is 0. The lowest BCUT2D eigenvalue weighted by Gasteiger charge is -2.41. The van der Waals surface area contributed by atoms with E-state index in [0.717, 1.165) is 25.2 Å². The molecule has 4 rings (SSSR count). The Hall–Kier alpha value is -2.47. The third-order valence-corrected chi connectivity index (χ3v) is 6.00. The number of rotatable bonds is 3. The Kier molecular flexibility index (Phi) is 4.15. The Bertz CT molecular complexity index is 872. The van der Waals surface area contributed by atoms with Gasteiger partial charge in [0.05, 0.1) is 17.0 Å². The predicted molar refractivity (Wildman–Crippen MR) is 97.6 cm³/mol. The number of fused-ring (bicyclic) bond motifs is 1. The normalized spacial score (nSPS) is 22.7. The van der Waals surface area contributed by atoms with E-state index < -0.39 is 17.4 Å². The third kappa shape index (κ3) is 2.84. The summed E-state index contributed by atoms with van der Waals surface area (Å²) >= 11 is 0. The first-order chi connectivity index (χ1) is 12.5. The molecule has 0 bridgehead atoms. The topological polar surface area (TPSA) is 82.5 Å². The molecule has 1 aromatic carbocycles. The number of amides is 1. The van der Waals surface area contributed by atoms with Crippen LogP contribution in [0.1, 0.15) is 30.4 Å². The van der Waals surface area contributed by atoms with Gasteiger partial charge in [0.2, 0.25) is 5.91 Å². The first-order valence-electron chi connectivity index (χ1n) is 9.08. The number of benzene rings is 1. The predicted octanol–water partition coefficient (Wildman–Crippen LogP) is 2.10. The Morgan fingerprint density at radius 2 is 2.12 bits per heavy atom. The number of carboxylic acid groups (broad SMARTS) is 1. The van der Waals surface area contributed by atoms with Crippen LogP contribution in [0.4, 0.5) is 0 Å². The monoisotopic (exact) mass is 353 g/mol. The summed E-state index contributed by atoms with van der Waals surface area (Å²) in [5, 5.41) is 13.6. The number of aromatic nitrogens is 1. The van der Waals surface area contributed by atoms with Crippen LogP contribution < -0.4 is 5.32 Å². The van der Waals surface area contributed by atoms with Crippen molar-refractivity contribution in [3.63, 3.8) is 0 Å². The molecule has 0 aliphatic carbocycles. The lowest BCUT2D eigenvalue weighted by Crippen LogP contribution is -2.55. The van der Waals surface area contributed by atoms with Crippen LogP contribution in [0.3, 0.4) is 0 Å². The quantitative estimate of drug-likeness (QED) is 0.883. The van der Waals surface area contributed by atoms with E-state index in [1.54, 1.807) is 6.20 Å². The zero-order chi connectivity index (χ0) is 18.3. The Balaban J connectivity index is 1.52. The highest BCUT2D eigenvalue weighted by atomic mass is 16.4. The van der Waals surface area contributed by atoms with Gasteiger partial charge in [-0.15, -0.1) is 0 Å². The molecular formula is C20H23N3O3. The fourth-order valence-electron chi connectivity index (χ4n) is 4.46. The van der Waals surface area contributed by atoms with Gasteiger partial charge in [-0.2, -0.15) is 0 Å². The number of piperidine rings is 1. The molecule has 6 nitrogen and oxygen atoms in total. The summed E-state index contributed by atoms with van der Waals surface area (Å²) in [6, 6.07) is 8.22. The number of carbonyl (C=O) groups is 2. The van der Waals surface area contributed by atoms with E-state index in [-0.39, 0.29) is 12.3 Å². The smallest absolute Gasteiger partial charge is 0.309 e. The van der Waals surface area contributed by atoms with Crippen molar-refractivity contribution < 1.29 is 14.7 Å². The van der Waals surface area contributed by atoms with E-state index in [1.165, 1.54) is 16.5 Å². The zero-order valence-corrected chi connectivity index (χ0v) is 14.9. The molecule has 3 heterocycles. The molecule has 2 aliphatic rings. The fourth-order valence-corrected chi connectivity index (χ4v) is 4.46. The maximum absolute atomic E-state index is 11.8. The molecule has 1 atom stereocenters. The molecule has 0 saturated carbocycles. The van der Waals surface area contributed by atoms with Gasteiger partial charge >= 0.3 is 5.97 Å². The minimum Gasteiger partial charge on any atom is -0.481 e. The Morgan fingerprint density at radius 1 is 1.35 bits per heavy atom. The van der Waals surface area contributed by atoms with Gasteiger partial charge in [-0.1, -0.05) is 12.1 Å². The van der Waals surface area contributed by atoms with Crippen LogP contribution in [-0.2, 0) is 16.1 Å². The van der Waals surface area contributed by atoms with Gasteiger partial charge < -0.3 is 10.4 Å². The van der Waals surface area contributed by atoms with Crippen molar-refractivity contribution in [3.8, 4) is 0 Å². The standard InChI is InChI=1S/C20H23N3O3/c1-13-4-5-17-14(3-2-8-21-17)15(13)12-23-9-6-20(7-10-23)16(19(25)26)11-18(24)22-20/h2-5,8,16H,6-7,9-12H2,1H3,(H,22,24)(H,25,26). The molecule has 1 aromatic heterocycles. The second kappa shape index (κ2) is 6.36. The number of hydrogen-bond donors (Lipinski definition) is 2. The Labute approximate surface area is 152 Å². The SMILES string of the molecule is Cc1ccc2ncccc2c1CN1CCC2(CC1)NC(=O)CC2C(=O)O. The second-order valence-corrected chi connectivity index (χ2v) is 7.51. The van der Waals surface area contributed by atoms with Gasteiger partial charge in [-0.05, 0) is 43.0 Å². The average molecular weight is 353 g/mol. The molecule has 0 radical (unpaired) electrons. The molecule has 2 aromatic rings. The minimum atomic E-state index is -0.868. The third-order valence-electron chi connectivity index (χ3n) is 6.00. The highest BCUT2D eigenvalue weighted by molar-refractivity contribution is 5.88. The second-order valence-electron chi connectivity index (χ2n) is 7.51. The molecule has 2 N–H and O–H groups in total. The van der Waals surface area contributed by atoms with Gasteiger partial charge in [-0.3, -0.25) is 19.5 Å². The molecule has 2 saturated heterocycles. The van der Waals surface area contributed by atoms with E-state index in [2.05, 4.69) is 34.3 Å². The fraction of sp³-hybridized carbons (Fsp3) is 0.450. The number of hydrogen-bond acceptors (Lipinski definition) is 4. The van der Waals surface area contributed by atoms with Crippen molar-refractivity contribution in [1.82, 2.24) is 15.2 Å². The number of aliphatic carboxylic acids is 1. The van der Waals surface area contributed by atoms with Crippen molar-refractivity contribution in [1.29, 1.82) is 0 Å². The molecule has 6 heteroatoms. The van der Waals surface area contributed by atoms with E-state index in [4.69, 9.17) is 0 Å². The van der Waals surface area contributed by atoms with Crippen molar-refractivity contribution >= 4 is 22.8 Å². The van der Waals surface area contributed by atoms with Crippen molar-refractivity contribution in [3.05, 3.63) is 41.6 Å². The van der Waals surface area contributed by atoms with Crippen LogP contribution in [0, 0.1) is 12.8 Å². The van der Waals surface area contributed by atoms with Gasteiger partial charge in [-0.25, -0.2) is 0 Å². The first kappa shape index (κ1) is 17.0. The van der Waals surface area contributed by atoms with Crippen LogP contribution in [0.15, 0.2) is 30.5 Å². The summed E-state index contributed by atoms with van der Waals surface area (Å²) in [6.07, 6.45) is 3.26. The summed E-state index contributed by atoms with van der Waals surface area (Å²) in [6.45, 7) is 4.49. The Morgan fingerprint density at radius 3 is 2.85 bits per heavy atom. The average Bonchev–Trinajstić information content (AvgIpc) is 2.95. The maximum Gasteiger partial charge on any atom is 0.309 e. The van der Waals surface area contributed by atoms with Crippen molar-refractivity contribution in [2.24, 2.45) is 5.92 Å². The lowest BCUT2D eigenvalue weighted by atomic mass is 9.77. The van der Waals surface area contributed by atoms with Gasteiger partial charge in [0.25, 0.3) is 0 Å². The summed E-state index contributed by atoms with van der Waals surface area (Å²) in [5.74, 6) is -1.62. The number of pyridine rings is 1. The number of likely N-dealkylation sites (tertiary alicyclic amines) is 1. The van der Waals surface area contributed by atoms with Crippen LogP contribution in [0.2, 0.25) is 0 Å². The number of carboxylic acids is 1. The summed E-state index contributed by atoms with van der Waals surface area (Å²) in [4.78, 5) is 30.2. The minimum absolute atomic E-state index is 0.101. The molecule has 2 fully saturated rings. The zero-order valence-electron chi connectivity index (χ0n) is 14.9. The van der Waals surface area contributed by atoms with Crippen LogP contribution in [0.25, 0.3) is 10.9 Å². The molecule has 1 spiro atoms. The van der Waals surface area contributed by atoms with Crippen molar-refractivity contribution in [2.75, 3.05) is 13.1 Å². The summed E-state index contributed by atoms with van der Waals surface area (Å²) in [5.41, 5.74) is 2.94. The van der Waals surface area contributed by atoms with E-state index in [0.29, 0.717) is 12.8 Å². The largest absolute Gasteiger partial charge is 0.481 e. The molecule has 1 amide bonds. The van der Waals surface area contributed by atoms with Gasteiger partial charge in [0.1, 0.15) is 0 Å². The van der Waals surface area contributed by atoms with Crippen LogP contribution in [-0.4, -0.2) is 45.5 Å². The van der Waals surface area contributed by atoms with E-state index in [9.17, 15) is 14.7 Å². The van der Waals surface area contributed by atoms with E-state index in [1.807, 2.05) is 12.1 Å². The number of nitrogens with zero attached hydrogens (tertiary/aromatic N) is 2. The van der Waals surface area contributed by atoms with E-state index >= 15 is 0 Å². The van der Waals surface area contributed by atoms with Crippen molar-refractivity contribution in [2.45, 2.75) is 38.3 Å².